The summed E-state index contributed by atoms with van der Waals surface area (Å²) in [7, 11) is 3.93. The van der Waals surface area contributed by atoms with Crippen LogP contribution >= 0.6 is 0 Å². The normalized spacial score (nSPS) is 24.6. The Kier molecular flexibility index (Phi) is 3.16. The Hall–Kier alpha value is -0.0800. The van der Waals surface area contributed by atoms with E-state index in [2.05, 4.69) is 23.8 Å². The molecule has 1 saturated heterocycles. The quantitative estimate of drug-likeness (QED) is 0.533. The molecule has 0 bridgehead atoms. The summed E-state index contributed by atoms with van der Waals surface area (Å²) in [6, 6.07) is 0. The predicted octanol–water partition coefficient (Wildman–Crippen LogP) is 0.806. The number of rotatable bonds is 1. The molecule has 0 saturated carbocycles. The van der Waals surface area contributed by atoms with Gasteiger partial charge in [-0.05, 0) is 26.1 Å². The Morgan fingerprint density at radius 3 is 2.70 bits per heavy atom. The molecule has 2 heteroatoms. The van der Waals surface area contributed by atoms with Crippen molar-refractivity contribution in [3.63, 3.8) is 0 Å². The van der Waals surface area contributed by atoms with Gasteiger partial charge in [-0.3, -0.25) is 0 Å². The summed E-state index contributed by atoms with van der Waals surface area (Å²) in [4.78, 5) is 4.64. The van der Waals surface area contributed by atoms with Crippen molar-refractivity contribution in [2.24, 2.45) is 0 Å². The average molecular weight is 141 g/mol. The molecule has 1 radical (unpaired) electrons. The van der Waals surface area contributed by atoms with E-state index in [-0.39, 0.29) is 0 Å². The molecular formula is C8H17N2. The standard InChI is InChI=1S/C8H17N2/c1-3-10-6-4-5-9(2)7-8-10/h2-8H2,1H3. The molecule has 1 rings (SSSR count). The van der Waals surface area contributed by atoms with Gasteiger partial charge < -0.3 is 9.80 Å². The van der Waals surface area contributed by atoms with Gasteiger partial charge in [-0.15, -0.1) is 0 Å². The molecule has 1 heterocycles. The number of hydrogen-bond donors (Lipinski definition) is 0. The Morgan fingerprint density at radius 1 is 1.20 bits per heavy atom. The molecule has 0 unspecified atom stereocenters. The maximum Gasteiger partial charge on any atom is 0.0110 e. The first-order valence-electron chi connectivity index (χ1n) is 4.10. The van der Waals surface area contributed by atoms with E-state index in [1.165, 1.54) is 26.1 Å². The van der Waals surface area contributed by atoms with E-state index in [1.807, 2.05) is 0 Å². The molecule has 0 atom stereocenters. The molecule has 0 spiro atoms. The molecule has 10 heavy (non-hydrogen) atoms. The molecule has 0 aromatic carbocycles. The van der Waals surface area contributed by atoms with E-state index in [9.17, 15) is 0 Å². The maximum atomic E-state index is 3.93. The highest BCUT2D eigenvalue weighted by molar-refractivity contribution is 4.67. The van der Waals surface area contributed by atoms with Crippen molar-refractivity contribution < 1.29 is 0 Å². The Bertz CT molecular complexity index is 93.3. The third-order valence-corrected chi connectivity index (χ3v) is 2.13. The van der Waals surface area contributed by atoms with Crippen LogP contribution in [0.15, 0.2) is 0 Å². The lowest BCUT2D eigenvalue weighted by atomic mass is 10.4. The van der Waals surface area contributed by atoms with Crippen molar-refractivity contribution in [1.29, 1.82) is 0 Å². The van der Waals surface area contributed by atoms with Gasteiger partial charge in [0.25, 0.3) is 0 Å². The van der Waals surface area contributed by atoms with Crippen LogP contribution in [0.2, 0.25) is 0 Å². The lowest BCUT2D eigenvalue weighted by molar-refractivity contribution is 0.296. The molecular weight excluding hydrogens is 124 g/mol. The van der Waals surface area contributed by atoms with Crippen LogP contribution in [0.1, 0.15) is 13.3 Å². The highest BCUT2D eigenvalue weighted by Gasteiger charge is 2.08. The fourth-order valence-corrected chi connectivity index (χ4v) is 1.34. The van der Waals surface area contributed by atoms with Gasteiger partial charge in [-0.2, -0.15) is 0 Å². The first kappa shape index (κ1) is 8.02. The predicted molar refractivity (Wildman–Crippen MR) is 43.7 cm³/mol. The summed E-state index contributed by atoms with van der Waals surface area (Å²) in [5.41, 5.74) is 0. The van der Waals surface area contributed by atoms with Crippen molar-refractivity contribution in [3.05, 3.63) is 7.05 Å². The fraction of sp³-hybridized carbons (Fsp3) is 0.875. The average Bonchev–Trinajstić information content (AvgIpc) is 2.14. The van der Waals surface area contributed by atoms with Gasteiger partial charge in [0.1, 0.15) is 0 Å². The molecule has 0 amide bonds. The van der Waals surface area contributed by atoms with E-state index in [0.717, 1.165) is 13.1 Å². The number of nitrogens with zero attached hydrogens (tertiary/aromatic N) is 2. The monoisotopic (exact) mass is 141 g/mol. The van der Waals surface area contributed by atoms with Gasteiger partial charge >= 0.3 is 0 Å². The molecule has 1 fully saturated rings. The van der Waals surface area contributed by atoms with E-state index in [0.29, 0.717) is 0 Å². The minimum atomic E-state index is 1.13. The van der Waals surface area contributed by atoms with Crippen LogP contribution < -0.4 is 0 Å². The van der Waals surface area contributed by atoms with E-state index in [1.54, 1.807) is 0 Å². The van der Waals surface area contributed by atoms with Crippen molar-refractivity contribution in [2.45, 2.75) is 13.3 Å². The summed E-state index contributed by atoms with van der Waals surface area (Å²) < 4.78 is 0. The number of likely N-dealkylation sites (N-methyl/N-ethyl adjacent to an activating group) is 1. The molecule has 2 nitrogen and oxygen atoms in total. The van der Waals surface area contributed by atoms with E-state index in [4.69, 9.17) is 0 Å². The smallest absolute Gasteiger partial charge is 0.0110 e. The summed E-state index contributed by atoms with van der Waals surface area (Å²) in [6.07, 6.45) is 1.28. The summed E-state index contributed by atoms with van der Waals surface area (Å²) in [5.74, 6) is 0. The SMILES string of the molecule is [CH2]N1CCCN(CC)CC1. The molecule has 1 aliphatic heterocycles. The zero-order chi connectivity index (χ0) is 7.40. The van der Waals surface area contributed by atoms with Crippen molar-refractivity contribution in [1.82, 2.24) is 9.80 Å². The van der Waals surface area contributed by atoms with Crippen LogP contribution in [-0.4, -0.2) is 42.5 Å². The number of hydrogen-bond acceptors (Lipinski definition) is 2. The Labute approximate surface area is 63.8 Å². The summed E-state index contributed by atoms with van der Waals surface area (Å²) >= 11 is 0. The molecule has 0 aliphatic carbocycles. The van der Waals surface area contributed by atoms with Crippen LogP contribution in [0, 0.1) is 7.05 Å². The highest BCUT2D eigenvalue weighted by atomic mass is 15.2. The second-order valence-corrected chi connectivity index (χ2v) is 2.91. The van der Waals surface area contributed by atoms with E-state index < -0.39 is 0 Å². The Balaban J connectivity index is 2.26. The van der Waals surface area contributed by atoms with Gasteiger partial charge in [-0.1, -0.05) is 6.92 Å². The van der Waals surface area contributed by atoms with Gasteiger partial charge in [0.15, 0.2) is 0 Å². The third-order valence-electron chi connectivity index (χ3n) is 2.13. The van der Waals surface area contributed by atoms with Crippen LogP contribution in [0.5, 0.6) is 0 Å². The van der Waals surface area contributed by atoms with Gasteiger partial charge in [0.05, 0.1) is 0 Å². The van der Waals surface area contributed by atoms with Gasteiger partial charge in [0, 0.05) is 20.1 Å². The second kappa shape index (κ2) is 3.94. The minimum Gasteiger partial charge on any atom is -0.302 e. The Morgan fingerprint density at radius 2 is 2.00 bits per heavy atom. The molecule has 0 aromatic heterocycles. The van der Waals surface area contributed by atoms with E-state index >= 15 is 0 Å². The van der Waals surface area contributed by atoms with Crippen LogP contribution in [0.4, 0.5) is 0 Å². The molecule has 0 aromatic rings. The molecule has 1 aliphatic rings. The zero-order valence-corrected chi connectivity index (χ0v) is 6.84. The third kappa shape index (κ3) is 2.27. The van der Waals surface area contributed by atoms with Crippen molar-refractivity contribution >= 4 is 0 Å². The van der Waals surface area contributed by atoms with Crippen molar-refractivity contribution in [3.8, 4) is 0 Å². The van der Waals surface area contributed by atoms with Crippen LogP contribution in [0.25, 0.3) is 0 Å². The lowest BCUT2D eigenvalue weighted by Crippen LogP contribution is -2.27. The minimum absolute atomic E-state index is 1.13. The fourth-order valence-electron chi connectivity index (χ4n) is 1.34. The van der Waals surface area contributed by atoms with Gasteiger partial charge in [-0.25, -0.2) is 0 Å². The lowest BCUT2D eigenvalue weighted by Gasteiger charge is -2.16. The second-order valence-electron chi connectivity index (χ2n) is 2.91. The zero-order valence-electron chi connectivity index (χ0n) is 6.84. The molecule has 0 N–H and O–H groups in total. The summed E-state index contributed by atoms with van der Waals surface area (Å²) in [6.45, 7) is 8.15. The van der Waals surface area contributed by atoms with Crippen LogP contribution in [-0.2, 0) is 0 Å². The van der Waals surface area contributed by atoms with Crippen molar-refractivity contribution in [2.75, 3.05) is 32.7 Å². The van der Waals surface area contributed by atoms with Gasteiger partial charge in [0.2, 0.25) is 0 Å². The largest absolute Gasteiger partial charge is 0.302 e. The molecule has 59 valence electrons. The topological polar surface area (TPSA) is 6.48 Å². The highest BCUT2D eigenvalue weighted by Crippen LogP contribution is 2.00. The first-order chi connectivity index (χ1) is 4.83. The maximum absolute atomic E-state index is 3.93. The van der Waals surface area contributed by atoms with Crippen LogP contribution in [0.3, 0.4) is 0 Å². The first-order valence-corrected chi connectivity index (χ1v) is 4.10. The summed E-state index contributed by atoms with van der Waals surface area (Å²) in [5, 5.41) is 0.